The SMILES string of the molecule is COc1ccc(-c2nc(CSCC(=O)c3cc(C)n(C4CC4)c3C)cs2)cc1OC. The fourth-order valence-corrected chi connectivity index (χ4v) is 5.48. The number of ketones is 1. The first kappa shape index (κ1) is 21.0. The maximum absolute atomic E-state index is 12.7. The minimum atomic E-state index is 0.204. The summed E-state index contributed by atoms with van der Waals surface area (Å²) in [6.45, 7) is 4.17. The van der Waals surface area contributed by atoms with Crippen molar-refractivity contribution in [2.24, 2.45) is 0 Å². The molecule has 0 spiro atoms. The van der Waals surface area contributed by atoms with Gasteiger partial charge in [0, 0.05) is 39.7 Å². The Labute approximate surface area is 185 Å². The Morgan fingerprint density at radius 2 is 1.97 bits per heavy atom. The van der Waals surface area contributed by atoms with Crippen molar-refractivity contribution in [2.75, 3.05) is 20.0 Å². The molecule has 2 heterocycles. The number of Topliss-reactive ketones (excluding diaryl/α,β-unsaturated/α-hetero) is 1. The molecule has 0 amide bonds. The van der Waals surface area contributed by atoms with Crippen LogP contribution in [0.3, 0.4) is 0 Å². The lowest BCUT2D eigenvalue weighted by atomic mass is 10.2. The van der Waals surface area contributed by atoms with Crippen molar-refractivity contribution in [1.29, 1.82) is 0 Å². The van der Waals surface area contributed by atoms with Crippen LogP contribution in [0.2, 0.25) is 0 Å². The summed E-state index contributed by atoms with van der Waals surface area (Å²) < 4.78 is 13.0. The van der Waals surface area contributed by atoms with Crippen molar-refractivity contribution in [2.45, 2.75) is 38.5 Å². The van der Waals surface area contributed by atoms with Crippen molar-refractivity contribution < 1.29 is 14.3 Å². The number of ether oxygens (including phenoxy) is 2. The molecule has 3 aromatic rings. The highest BCUT2D eigenvalue weighted by molar-refractivity contribution is 7.99. The molecule has 0 radical (unpaired) electrons. The van der Waals surface area contributed by atoms with Gasteiger partial charge in [-0.3, -0.25) is 4.79 Å². The number of nitrogens with zero attached hydrogens (tertiary/aromatic N) is 2. The second-order valence-electron chi connectivity index (χ2n) is 7.52. The summed E-state index contributed by atoms with van der Waals surface area (Å²) >= 11 is 3.22. The molecule has 2 aromatic heterocycles. The Hall–Kier alpha value is -2.25. The smallest absolute Gasteiger partial charge is 0.174 e. The number of thioether (sulfide) groups is 1. The molecule has 5 nitrogen and oxygen atoms in total. The van der Waals surface area contributed by atoms with Crippen LogP contribution in [0.5, 0.6) is 11.5 Å². The quantitative estimate of drug-likeness (QED) is 0.398. The molecule has 4 rings (SSSR count). The zero-order valence-electron chi connectivity index (χ0n) is 17.7. The molecule has 1 aliphatic carbocycles. The van der Waals surface area contributed by atoms with Crippen LogP contribution in [-0.4, -0.2) is 35.3 Å². The van der Waals surface area contributed by atoms with Crippen molar-refractivity contribution in [3.63, 3.8) is 0 Å². The Morgan fingerprint density at radius 1 is 1.20 bits per heavy atom. The van der Waals surface area contributed by atoms with Gasteiger partial charge in [-0.1, -0.05) is 0 Å². The van der Waals surface area contributed by atoms with E-state index in [2.05, 4.69) is 29.9 Å². The molecule has 1 aliphatic rings. The number of methoxy groups -OCH3 is 2. The fraction of sp³-hybridized carbons (Fsp3) is 0.391. The Balaban J connectivity index is 1.37. The summed E-state index contributed by atoms with van der Waals surface area (Å²) in [5.41, 5.74) is 5.17. The van der Waals surface area contributed by atoms with Crippen LogP contribution in [0.15, 0.2) is 29.6 Å². The molecule has 158 valence electrons. The van der Waals surface area contributed by atoms with Gasteiger partial charge in [-0.15, -0.1) is 23.1 Å². The standard InChI is InChI=1S/C23H26N2O3S2/c1-14-9-19(15(2)25(14)18-6-7-18)20(26)13-29-11-17-12-30-23(24-17)16-5-8-21(27-3)22(10-16)28-4/h5,8-10,12,18H,6-7,11,13H2,1-4H3. The molecule has 7 heteroatoms. The maximum Gasteiger partial charge on any atom is 0.174 e. The van der Waals surface area contributed by atoms with Crippen molar-refractivity contribution in [3.8, 4) is 22.1 Å². The van der Waals surface area contributed by atoms with Gasteiger partial charge in [-0.2, -0.15) is 0 Å². The lowest BCUT2D eigenvalue weighted by Crippen LogP contribution is -2.06. The minimum Gasteiger partial charge on any atom is -0.493 e. The third kappa shape index (κ3) is 4.27. The summed E-state index contributed by atoms with van der Waals surface area (Å²) in [6, 6.07) is 8.46. The first-order valence-electron chi connectivity index (χ1n) is 9.98. The largest absolute Gasteiger partial charge is 0.493 e. The number of hydrogen-bond acceptors (Lipinski definition) is 6. The zero-order chi connectivity index (χ0) is 21.3. The molecule has 0 saturated heterocycles. The van der Waals surface area contributed by atoms with Crippen LogP contribution in [0.1, 0.15) is 46.3 Å². The topological polar surface area (TPSA) is 53.3 Å². The predicted octanol–water partition coefficient (Wildman–Crippen LogP) is 5.70. The molecule has 0 N–H and O–H groups in total. The van der Waals surface area contributed by atoms with Gasteiger partial charge in [0.2, 0.25) is 0 Å². The van der Waals surface area contributed by atoms with Gasteiger partial charge in [0.05, 0.1) is 25.7 Å². The number of carbonyl (C=O) groups excluding carboxylic acids is 1. The van der Waals surface area contributed by atoms with E-state index in [1.165, 1.54) is 18.5 Å². The van der Waals surface area contributed by atoms with Gasteiger partial charge in [0.15, 0.2) is 17.3 Å². The number of benzene rings is 1. The van der Waals surface area contributed by atoms with Crippen LogP contribution < -0.4 is 9.47 Å². The summed E-state index contributed by atoms with van der Waals surface area (Å²) in [4.78, 5) is 17.5. The number of carbonyl (C=O) groups is 1. The molecule has 0 unspecified atom stereocenters. The van der Waals surface area contributed by atoms with E-state index in [9.17, 15) is 4.79 Å². The third-order valence-electron chi connectivity index (χ3n) is 5.36. The van der Waals surface area contributed by atoms with Gasteiger partial charge in [-0.25, -0.2) is 4.98 Å². The average molecular weight is 443 g/mol. The average Bonchev–Trinajstić information content (AvgIpc) is 3.38. The Kier molecular flexibility index (Phi) is 6.20. The highest BCUT2D eigenvalue weighted by Crippen LogP contribution is 2.38. The van der Waals surface area contributed by atoms with E-state index in [-0.39, 0.29) is 5.78 Å². The van der Waals surface area contributed by atoms with E-state index in [1.54, 1.807) is 37.3 Å². The van der Waals surface area contributed by atoms with Crippen molar-refractivity contribution in [1.82, 2.24) is 9.55 Å². The van der Waals surface area contributed by atoms with Crippen molar-refractivity contribution >= 4 is 28.9 Å². The van der Waals surface area contributed by atoms with Gasteiger partial charge < -0.3 is 14.0 Å². The normalized spacial score (nSPS) is 13.5. The second kappa shape index (κ2) is 8.86. The van der Waals surface area contributed by atoms with Gasteiger partial charge in [0.25, 0.3) is 0 Å². The van der Waals surface area contributed by atoms with Gasteiger partial charge >= 0.3 is 0 Å². The van der Waals surface area contributed by atoms with E-state index < -0.39 is 0 Å². The monoisotopic (exact) mass is 442 g/mol. The van der Waals surface area contributed by atoms with Crippen LogP contribution in [0.25, 0.3) is 10.6 Å². The van der Waals surface area contributed by atoms with E-state index in [0.29, 0.717) is 23.3 Å². The lowest BCUT2D eigenvalue weighted by Gasteiger charge is -2.08. The first-order chi connectivity index (χ1) is 14.5. The van der Waals surface area contributed by atoms with E-state index in [1.807, 2.05) is 18.2 Å². The summed E-state index contributed by atoms with van der Waals surface area (Å²) in [7, 11) is 3.26. The van der Waals surface area contributed by atoms with E-state index in [4.69, 9.17) is 14.5 Å². The molecule has 1 saturated carbocycles. The van der Waals surface area contributed by atoms with Crippen LogP contribution in [-0.2, 0) is 5.75 Å². The maximum atomic E-state index is 12.7. The van der Waals surface area contributed by atoms with E-state index >= 15 is 0 Å². The predicted molar refractivity (Wildman–Crippen MR) is 123 cm³/mol. The van der Waals surface area contributed by atoms with Crippen LogP contribution in [0, 0.1) is 13.8 Å². The molecular formula is C23H26N2O3S2. The molecule has 0 aliphatic heterocycles. The van der Waals surface area contributed by atoms with Gasteiger partial charge in [0.1, 0.15) is 5.01 Å². The summed E-state index contributed by atoms with van der Waals surface area (Å²) in [5, 5.41) is 2.99. The summed E-state index contributed by atoms with van der Waals surface area (Å²) in [5.74, 6) is 2.79. The fourth-order valence-electron chi connectivity index (χ4n) is 3.76. The minimum absolute atomic E-state index is 0.204. The highest BCUT2D eigenvalue weighted by Gasteiger charge is 2.28. The van der Waals surface area contributed by atoms with Crippen molar-refractivity contribution in [3.05, 3.63) is 52.3 Å². The van der Waals surface area contributed by atoms with Gasteiger partial charge in [-0.05, 0) is 51.0 Å². The summed E-state index contributed by atoms with van der Waals surface area (Å²) in [6.07, 6.45) is 2.45. The molecule has 0 atom stereocenters. The van der Waals surface area contributed by atoms with Crippen LogP contribution in [0.4, 0.5) is 0 Å². The highest BCUT2D eigenvalue weighted by atomic mass is 32.2. The third-order valence-corrected chi connectivity index (χ3v) is 7.27. The molecule has 30 heavy (non-hydrogen) atoms. The van der Waals surface area contributed by atoms with E-state index in [0.717, 1.165) is 33.3 Å². The second-order valence-corrected chi connectivity index (χ2v) is 9.36. The number of rotatable bonds is 9. The molecule has 0 bridgehead atoms. The zero-order valence-corrected chi connectivity index (χ0v) is 19.4. The molecule has 1 aromatic carbocycles. The first-order valence-corrected chi connectivity index (χ1v) is 12.0. The number of hydrogen-bond donors (Lipinski definition) is 0. The lowest BCUT2D eigenvalue weighted by molar-refractivity contribution is 0.102. The number of thiazole rings is 1. The van der Waals surface area contributed by atoms with Crippen LogP contribution >= 0.6 is 23.1 Å². The molecule has 1 fully saturated rings. The Morgan fingerprint density at radius 3 is 2.67 bits per heavy atom. The number of aryl methyl sites for hydroxylation is 1. The molecular weight excluding hydrogens is 416 g/mol. The Bertz CT molecular complexity index is 1070. The number of aromatic nitrogens is 2.